The summed E-state index contributed by atoms with van der Waals surface area (Å²) in [4.78, 5) is 26.1. The molecule has 0 aliphatic carbocycles. The van der Waals surface area contributed by atoms with Crippen molar-refractivity contribution in [3.63, 3.8) is 0 Å². The first kappa shape index (κ1) is 19.5. The van der Waals surface area contributed by atoms with E-state index in [2.05, 4.69) is 10.6 Å². The van der Waals surface area contributed by atoms with Crippen molar-refractivity contribution in [1.82, 2.24) is 15.5 Å². The number of carbonyl (C=O) groups is 2. The van der Waals surface area contributed by atoms with E-state index < -0.39 is 11.7 Å². The van der Waals surface area contributed by atoms with Crippen LogP contribution < -0.4 is 10.6 Å². The van der Waals surface area contributed by atoms with Crippen LogP contribution in [0.1, 0.15) is 47.0 Å². The minimum absolute atomic E-state index is 0.0289. The topological polar surface area (TPSA) is 79.9 Å². The highest BCUT2D eigenvalue weighted by Crippen LogP contribution is 2.20. The Morgan fingerprint density at radius 1 is 1.30 bits per heavy atom. The number of rotatable bonds is 5. The highest BCUT2D eigenvalue weighted by atomic mass is 16.6. The minimum Gasteiger partial charge on any atom is -0.444 e. The first-order chi connectivity index (χ1) is 10.7. The number of nitrogens with one attached hydrogen (secondary N) is 2. The van der Waals surface area contributed by atoms with Crippen molar-refractivity contribution in [3.05, 3.63) is 0 Å². The average Bonchev–Trinajstić information content (AvgIpc) is 2.45. The summed E-state index contributed by atoms with van der Waals surface area (Å²) in [5.74, 6) is 0. The van der Waals surface area contributed by atoms with E-state index in [0.29, 0.717) is 19.7 Å². The van der Waals surface area contributed by atoms with E-state index in [4.69, 9.17) is 9.47 Å². The number of carbonyl (C=O) groups excluding carboxylic acids is 2. The van der Waals surface area contributed by atoms with Crippen LogP contribution in [0.3, 0.4) is 0 Å². The third-order valence-corrected chi connectivity index (χ3v) is 3.71. The van der Waals surface area contributed by atoms with E-state index in [1.165, 1.54) is 0 Å². The molecule has 23 heavy (non-hydrogen) atoms. The van der Waals surface area contributed by atoms with Crippen LogP contribution >= 0.6 is 0 Å². The monoisotopic (exact) mass is 329 g/mol. The number of methoxy groups -OCH3 is 1. The lowest BCUT2D eigenvalue weighted by Gasteiger charge is -2.39. The highest BCUT2D eigenvalue weighted by molar-refractivity contribution is 5.75. The van der Waals surface area contributed by atoms with Gasteiger partial charge in [0.15, 0.2) is 0 Å². The van der Waals surface area contributed by atoms with Crippen LogP contribution in [0.25, 0.3) is 0 Å². The van der Waals surface area contributed by atoms with Gasteiger partial charge in [0.05, 0.1) is 12.6 Å². The predicted octanol–water partition coefficient (Wildman–Crippen LogP) is 2.11. The molecule has 2 N–H and O–H groups in total. The van der Waals surface area contributed by atoms with Crippen molar-refractivity contribution in [3.8, 4) is 0 Å². The van der Waals surface area contributed by atoms with Gasteiger partial charge in [0, 0.05) is 26.2 Å². The molecule has 7 nitrogen and oxygen atoms in total. The Labute approximate surface area is 139 Å². The normalized spacial score (nSPS) is 19.9. The number of nitrogens with zero attached hydrogens (tertiary/aromatic N) is 1. The van der Waals surface area contributed by atoms with Gasteiger partial charge in [0.2, 0.25) is 0 Å². The summed E-state index contributed by atoms with van der Waals surface area (Å²) in [7, 11) is 1.60. The maximum atomic E-state index is 12.3. The van der Waals surface area contributed by atoms with Crippen LogP contribution in [0.5, 0.6) is 0 Å². The average molecular weight is 329 g/mol. The molecule has 0 aromatic carbocycles. The highest BCUT2D eigenvalue weighted by Gasteiger charge is 2.32. The van der Waals surface area contributed by atoms with E-state index in [9.17, 15) is 9.59 Å². The van der Waals surface area contributed by atoms with Crippen molar-refractivity contribution < 1.29 is 19.1 Å². The first-order valence-corrected chi connectivity index (χ1v) is 8.27. The molecule has 1 saturated heterocycles. The van der Waals surface area contributed by atoms with Gasteiger partial charge in [-0.05, 0) is 47.0 Å². The molecule has 0 aromatic heterocycles. The van der Waals surface area contributed by atoms with Crippen molar-refractivity contribution in [2.45, 2.75) is 64.6 Å². The lowest BCUT2D eigenvalue weighted by molar-refractivity contribution is 0.0461. The third kappa shape index (κ3) is 7.07. The molecule has 1 aliphatic heterocycles. The van der Waals surface area contributed by atoms with Gasteiger partial charge in [0.1, 0.15) is 5.60 Å². The summed E-state index contributed by atoms with van der Waals surface area (Å²) >= 11 is 0. The molecule has 0 aromatic rings. The fourth-order valence-corrected chi connectivity index (χ4v) is 2.68. The number of hydrogen-bond donors (Lipinski definition) is 2. The van der Waals surface area contributed by atoms with Crippen LogP contribution in [0, 0.1) is 0 Å². The molecular weight excluding hydrogens is 298 g/mol. The summed E-state index contributed by atoms with van der Waals surface area (Å²) in [6, 6.07) is -0.304. The van der Waals surface area contributed by atoms with Crippen LogP contribution in [-0.2, 0) is 9.47 Å². The fraction of sp³-hybridized carbons (Fsp3) is 0.875. The van der Waals surface area contributed by atoms with Gasteiger partial charge >= 0.3 is 12.1 Å². The Kier molecular flexibility index (Phi) is 7.61. The minimum atomic E-state index is -0.534. The van der Waals surface area contributed by atoms with Crippen molar-refractivity contribution in [2.24, 2.45) is 0 Å². The molecule has 0 saturated carbocycles. The number of hydrogen-bond acceptors (Lipinski definition) is 4. The van der Waals surface area contributed by atoms with Crippen LogP contribution in [0.15, 0.2) is 0 Å². The molecule has 0 bridgehead atoms. The van der Waals surface area contributed by atoms with E-state index in [1.807, 2.05) is 27.7 Å². The summed E-state index contributed by atoms with van der Waals surface area (Å²) < 4.78 is 10.2. The molecule has 3 amide bonds. The fourth-order valence-electron chi connectivity index (χ4n) is 2.68. The molecule has 1 rings (SSSR count). The molecule has 134 valence electrons. The lowest BCUT2D eigenvalue weighted by Crippen LogP contribution is -2.57. The maximum Gasteiger partial charge on any atom is 0.407 e. The quantitative estimate of drug-likeness (QED) is 0.757. The molecule has 2 atom stereocenters. The largest absolute Gasteiger partial charge is 0.444 e. The smallest absolute Gasteiger partial charge is 0.407 e. The van der Waals surface area contributed by atoms with Gasteiger partial charge < -0.3 is 25.0 Å². The summed E-state index contributed by atoms with van der Waals surface area (Å²) in [5, 5.41) is 5.70. The van der Waals surface area contributed by atoms with Gasteiger partial charge in [-0.3, -0.25) is 0 Å². The van der Waals surface area contributed by atoms with E-state index in [-0.39, 0.29) is 18.1 Å². The molecule has 0 unspecified atom stereocenters. The number of piperidine rings is 1. The molecule has 0 spiro atoms. The van der Waals surface area contributed by atoms with Crippen LogP contribution in [0.4, 0.5) is 9.59 Å². The summed E-state index contributed by atoms with van der Waals surface area (Å²) in [6.07, 6.45) is 2.45. The zero-order chi connectivity index (χ0) is 17.5. The Bertz CT molecular complexity index is 395. The summed E-state index contributed by atoms with van der Waals surface area (Å²) in [5.41, 5.74) is -0.534. The Hall–Kier alpha value is -1.50. The van der Waals surface area contributed by atoms with Gasteiger partial charge in [-0.2, -0.15) is 0 Å². The Balaban J connectivity index is 2.58. The van der Waals surface area contributed by atoms with E-state index in [1.54, 1.807) is 12.0 Å². The van der Waals surface area contributed by atoms with Crippen LogP contribution in [0.2, 0.25) is 0 Å². The van der Waals surface area contributed by atoms with Gasteiger partial charge in [-0.15, -0.1) is 0 Å². The van der Waals surface area contributed by atoms with Crippen molar-refractivity contribution in [2.75, 3.05) is 26.8 Å². The second-order valence-electron chi connectivity index (χ2n) is 6.92. The Morgan fingerprint density at radius 2 is 2.00 bits per heavy atom. The molecule has 1 heterocycles. The van der Waals surface area contributed by atoms with E-state index in [0.717, 1.165) is 19.3 Å². The summed E-state index contributed by atoms with van der Waals surface area (Å²) in [6.45, 7) is 9.05. The zero-order valence-electron chi connectivity index (χ0n) is 15.0. The number of amides is 3. The SMILES string of the molecule is COCCNC(=O)N1CCCC[C@@H]1[C@H](C)NC(=O)OC(C)(C)C. The van der Waals surface area contributed by atoms with Crippen molar-refractivity contribution >= 4 is 12.1 Å². The number of alkyl carbamates (subject to hydrolysis) is 1. The second-order valence-corrected chi connectivity index (χ2v) is 6.92. The number of urea groups is 1. The third-order valence-electron chi connectivity index (χ3n) is 3.71. The maximum absolute atomic E-state index is 12.3. The standard InChI is InChI=1S/C16H31N3O4/c1-12(18-15(21)23-16(2,3)4)13-8-6-7-10-19(13)14(20)17-9-11-22-5/h12-13H,6-11H2,1-5H3,(H,17,20)(H,18,21)/t12-,13+/m0/s1. The molecular formula is C16H31N3O4. The zero-order valence-corrected chi connectivity index (χ0v) is 15.0. The molecule has 1 fully saturated rings. The van der Waals surface area contributed by atoms with Gasteiger partial charge in [0.25, 0.3) is 0 Å². The molecule has 7 heteroatoms. The Morgan fingerprint density at radius 3 is 2.61 bits per heavy atom. The lowest BCUT2D eigenvalue weighted by atomic mass is 9.97. The molecule has 1 aliphatic rings. The van der Waals surface area contributed by atoms with E-state index >= 15 is 0 Å². The number of ether oxygens (including phenoxy) is 2. The number of likely N-dealkylation sites (tertiary alicyclic amines) is 1. The second kappa shape index (κ2) is 8.96. The predicted molar refractivity (Wildman–Crippen MR) is 88.5 cm³/mol. The molecule has 0 radical (unpaired) electrons. The first-order valence-electron chi connectivity index (χ1n) is 8.27. The van der Waals surface area contributed by atoms with Crippen LogP contribution in [-0.4, -0.2) is 61.5 Å². The van der Waals surface area contributed by atoms with Gasteiger partial charge in [-0.25, -0.2) is 9.59 Å². The van der Waals surface area contributed by atoms with Gasteiger partial charge in [-0.1, -0.05) is 0 Å². The van der Waals surface area contributed by atoms with Crippen molar-refractivity contribution in [1.29, 1.82) is 0 Å².